The molecule has 1 aliphatic heterocycles. The van der Waals surface area contributed by atoms with Gasteiger partial charge in [-0.2, -0.15) is 0 Å². The van der Waals surface area contributed by atoms with Crippen molar-refractivity contribution >= 4 is 11.9 Å². The predicted molar refractivity (Wildman–Crippen MR) is 41.2 cm³/mol. The topological polar surface area (TPSA) is 72.6 Å². The number of nitrogens with two attached hydrogens (primary N) is 1. The average Bonchev–Trinajstić information content (AvgIpc) is 2.32. The molecular formula is C7H12N2O3. The fourth-order valence-electron chi connectivity index (χ4n) is 1.30. The smallest absolute Gasteiger partial charge is 0.328 e. The highest BCUT2D eigenvalue weighted by atomic mass is 16.5. The fraction of sp³-hybridized carbons (Fsp3) is 0.714. The summed E-state index contributed by atoms with van der Waals surface area (Å²) in [6.07, 6.45) is 0.349. The first-order valence-corrected chi connectivity index (χ1v) is 3.68. The number of carbonyl (C=O) groups is 2. The number of ether oxygens (including phenoxy) is 1. The third-order valence-corrected chi connectivity index (χ3v) is 2.08. The van der Waals surface area contributed by atoms with Crippen LogP contribution in [0.3, 0.4) is 0 Å². The van der Waals surface area contributed by atoms with E-state index >= 15 is 0 Å². The summed E-state index contributed by atoms with van der Waals surface area (Å²) in [7, 11) is 2.85. The monoisotopic (exact) mass is 172 g/mol. The largest absolute Gasteiger partial charge is 0.467 e. The molecule has 1 amide bonds. The van der Waals surface area contributed by atoms with Crippen molar-refractivity contribution in [3.8, 4) is 0 Å². The van der Waals surface area contributed by atoms with Crippen LogP contribution < -0.4 is 5.73 Å². The van der Waals surface area contributed by atoms with Crippen molar-refractivity contribution in [2.24, 2.45) is 5.73 Å². The molecule has 0 aliphatic carbocycles. The number of methoxy groups -OCH3 is 1. The van der Waals surface area contributed by atoms with Crippen molar-refractivity contribution in [2.45, 2.75) is 18.5 Å². The van der Waals surface area contributed by atoms with E-state index in [1.165, 1.54) is 12.0 Å². The number of amides is 1. The molecule has 0 radical (unpaired) electrons. The predicted octanol–water partition coefficient (Wildman–Crippen LogP) is -1.28. The van der Waals surface area contributed by atoms with Gasteiger partial charge in [0.25, 0.3) is 0 Å². The lowest BCUT2D eigenvalue weighted by Gasteiger charge is -2.16. The van der Waals surface area contributed by atoms with Gasteiger partial charge >= 0.3 is 5.97 Å². The Morgan fingerprint density at radius 2 is 2.33 bits per heavy atom. The minimum atomic E-state index is -0.556. The van der Waals surface area contributed by atoms with Gasteiger partial charge in [-0.05, 0) is 0 Å². The van der Waals surface area contributed by atoms with E-state index in [9.17, 15) is 9.59 Å². The van der Waals surface area contributed by atoms with Gasteiger partial charge in [-0.15, -0.1) is 0 Å². The minimum absolute atomic E-state index is 0.203. The van der Waals surface area contributed by atoms with Crippen LogP contribution in [0, 0.1) is 0 Å². The number of hydrogen-bond donors (Lipinski definition) is 1. The van der Waals surface area contributed by atoms with E-state index in [1.807, 2.05) is 0 Å². The first-order chi connectivity index (χ1) is 5.57. The van der Waals surface area contributed by atoms with Crippen LogP contribution in [0.15, 0.2) is 0 Å². The average molecular weight is 172 g/mol. The fourth-order valence-corrected chi connectivity index (χ4v) is 1.30. The van der Waals surface area contributed by atoms with Gasteiger partial charge in [-0.1, -0.05) is 0 Å². The molecule has 0 saturated carbocycles. The second-order valence-electron chi connectivity index (χ2n) is 2.83. The molecule has 68 valence electrons. The second kappa shape index (κ2) is 3.10. The summed E-state index contributed by atoms with van der Waals surface area (Å²) in [6, 6.07) is -1.06. The van der Waals surface area contributed by atoms with Crippen molar-refractivity contribution < 1.29 is 14.3 Å². The van der Waals surface area contributed by atoms with Crippen LogP contribution in [0.2, 0.25) is 0 Å². The van der Waals surface area contributed by atoms with Crippen LogP contribution in [0.4, 0.5) is 0 Å². The van der Waals surface area contributed by atoms with Crippen LogP contribution in [0.1, 0.15) is 6.42 Å². The summed E-state index contributed by atoms with van der Waals surface area (Å²) in [5.41, 5.74) is 5.45. The van der Waals surface area contributed by atoms with Crippen LogP contribution in [-0.4, -0.2) is 43.0 Å². The van der Waals surface area contributed by atoms with Gasteiger partial charge in [0.1, 0.15) is 6.04 Å². The lowest BCUT2D eigenvalue weighted by molar-refractivity contribution is -0.148. The van der Waals surface area contributed by atoms with E-state index in [1.54, 1.807) is 7.05 Å². The molecule has 1 rings (SSSR count). The van der Waals surface area contributed by atoms with Gasteiger partial charge in [-0.25, -0.2) is 4.79 Å². The highest BCUT2D eigenvalue weighted by Crippen LogP contribution is 2.16. The van der Waals surface area contributed by atoms with E-state index in [2.05, 4.69) is 4.74 Å². The summed E-state index contributed by atoms with van der Waals surface area (Å²) < 4.78 is 4.51. The zero-order chi connectivity index (χ0) is 9.30. The van der Waals surface area contributed by atoms with Gasteiger partial charge in [0.2, 0.25) is 5.91 Å². The van der Waals surface area contributed by atoms with Gasteiger partial charge in [-0.3, -0.25) is 4.79 Å². The zero-order valence-corrected chi connectivity index (χ0v) is 7.11. The first-order valence-electron chi connectivity index (χ1n) is 3.68. The molecule has 1 fully saturated rings. The maximum Gasteiger partial charge on any atom is 0.328 e. The molecule has 5 heteroatoms. The third-order valence-electron chi connectivity index (χ3n) is 2.08. The third kappa shape index (κ3) is 1.27. The molecule has 1 heterocycles. The molecule has 2 atom stereocenters. The van der Waals surface area contributed by atoms with Crippen molar-refractivity contribution in [1.29, 1.82) is 0 Å². The van der Waals surface area contributed by atoms with Gasteiger partial charge in [0, 0.05) is 13.5 Å². The minimum Gasteiger partial charge on any atom is -0.467 e. The van der Waals surface area contributed by atoms with Crippen molar-refractivity contribution in [2.75, 3.05) is 14.2 Å². The van der Waals surface area contributed by atoms with E-state index < -0.39 is 18.1 Å². The standard InChI is InChI=1S/C7H12N2O3/c1-9-5(7(11)12-2)3-4(8)6(9)10/h4-5H,3,8H2,1-2H3. The molecule has 0 aromatic carbocycles. The number of nitrogens with zero attached hydrogens (tertiary/aromatic N) is 1. The number of rotatable bonds is 1. The van der Waals surface area contributed by atoms with E-state index in [4.69, 9.17) is 5.73 Å². The van der Waals surface area contributed by atoms with Gasteiger partial charge < -0.3 is 15.4 Å². The number of likely N-dealkylation sites (N-methyl/N-ethyl adjacent to an activating group) is 1. The molecular weight excluding hydrogens is 160 g/mol. The highest BCUT2D eigenvalue weighted by molar-refractivity contribution is 5.91. The Morgan fingerprint density at radius 3 is 2.67 bits per heavy atom. The lowest BCUT2D eigenvalue weighted by atomic mass is 10.2. The maximum atomic E-state index is 11.1. The number of hydrogen-bond acceptors (Lipinski definition) is 4. The highest BCUT2D eigenvalue weighted by Gasteiger charge is 2.39. The molecule has 0 aromatic rings. The molecule has 5 nitrogen and oxygen atoms in total. The van der Waals surface area contributed by atoms with Crippen LogP contribution >= 0.6 is 0 Å². The molecule has 0 bridgehead atoms. The number of likely N-dealkylation sites (tertiary alicyclic amines) is 1. The summed E-state index contributed by atoms with van der Waals surface area (Å²) in [5, 5.41) is 0. The Bertz CT molecular complexity index is 217. The molecule has 12 heavy (non-hydrogen) atoms. The summed E-state index contributed by atoms with van der Waals surface area (Å²) in [4.78, 5) is 23.5. The molecule has 2 unspecified atom stereocenters. The van der Waals surface area contributed by atoms with Crippen LogP contribution in [0.5, 0.6) is 0 Å². The van der Waals surface area contributed by atoms with Gasteiger partial charge in [0.05, 0.1) is 13.2 Å². The van der Waals surface area contributed by atoms with E-state index in [-0.39, 0.29) is 5.91 Å². The molecule has 1 saturated heterocycles. The Balaban J connectivity index is 2.71. The molecule has 2 N–H and O–H groups in total. The Morgan fingerprint density at radius 1 is 1.75 bits per heavy atom. The van der Waals surface area contributed by atoms with Crippen molar-refractivity contribution in [1.82, 2.24) is 4.90 Å². The van der Waals surface area contributed by atoms with Crippen LogP contribution in [0.25, 0.3) is 0 Å². The Labute approximate surface area is 70.5 Å². The SMILES string of the molecule is COC(=O)C1CC(N)C(=O)N1C. The van der Waals surface area contributed by atoms with E-state index in [0.717, 1.165) is 0 Å². The van der Waals surface area contributed by atoms with Crippen LogP contribution in [-0.2, 0) is 14.3 Å². The second-order valence-corrected chi connectivity index (χ2v) is 2.83. The molecule has 0 spiro atoms. The van der Waals surface area contributed by atoms with Crippen molar-refractivity contribution in [3.05, 3.63) is 0 Å². The maximum absolute atomic E-state index is 11.1. The zero-order valence-electron chi connectivity index (χ0n) is 7.11. The Hall–Kier alpha value is -1.10. The number of esters is 1. The summed E-state index contributed by atoms with van der Waals surface area (Å²) in [6.45, 7) is 0. The lowest BCUT2D eigenvalue weighted by Crippen LogP contribution is -2.37. The van der Waals surface area contributed by atoms with Crippen molar-refractivity contribution in [3.63, 3.8) is 0 Å². The molecule has 0 aromatic heterocycles. The number of carbonyl (C=O) groups excluding carboxylic acids is 2. The normalized spacial score (nSPS) is 29.2. The van der Waals surface area contributed by atoms with E-state index in [0.29, 0.717) is 6.42 Å². The Kier molecular flexibility index (Phi) is 2.32. The molecule has 1 aliphatic rings. The first kappa shape index (κ1) is 8.99. The quantitative estimate of drug-likeness (QED) is 0.500. The summed E-state index contributed by atoms with van der Waals surface area (Å²) in [5.74, 6) is -0.607. The van der Waals surface area contributed by atoms with Gasteiger partial charge in [0.15, 0.2) is 0 Å². The summed E-state index contributed by atoms with van der Waals surface area (Å²) >= 11 is 0.